The van der Waals surface area contributed by atoms with Crippen LogP contribution < -0.4 is 5.32 Å². The second-order valence-electron chi connectivity index (χ2n) is 5.82. The summed E-state index contributed by atoms with van der Waals surface area (Å²) in [7, 11) is 1.82. The van der Waals surface area contributed by atoms with Crippen LogP contribution in [0, 0.1) is 0 Å². The average molecular weight is 343 g/mol. The van der Waals surface area contributed by atoms with Crippen molar-refractivity contribution in [2.75, 3.05) is 13.6 Å². The number of nitrogens with zero attached hydrogens (tertiary/aromatic N) is 2. The summed E-state index contributed by atoms with van der Waals surface area (Å²) in [6, 6.07) is 11.7. The fourth-order valence-electron chi connectivity index (χ4n) is 2.45. The minimum Gasteiger partial charge on any atom is -0.468 e. The van der Waals surface area contributed by atoms with E-state index in [1.807, 2.05) is 51.2 Å². The van der Waals surface area contributed by atoms with Gasteiger partial charge >= 0.3 is 0 Å². The van der Waals surface area contributed by atoms with Crippen molar-refractivity contribution in [3.05, 3.63) is 53.4 Å². The fourth-order valence-corrected chi connectivity index (χ4v) is 3.52. The Labute approximate surface area is 145 Å². The highest BCUT2D eigenvalue weighted by atomic mass is 32.1. The third kappa shape index (κ3) is 3.49. The first-order chi connectivity index (χ1) is 11.6. The Bertz CT molecular complexity index is 780. The van der Waals surface area contributed by atoms with E-state index in [0.29, 0.717) is 0 Å². The summed E-state index contributed by atoms with van der Waals surface area (Å²) in [4.78, 5) is 18.8. The van der Waals surface area contributed by atoms with Crippen LogP contribution in [0.25, 0.3) is 10.2 Å². The van der Waals surface area contributed by atoms with E-state index >= 15 is 0 Å². The first-order valence-electron chi connectivity index (χ1n) is 7.94. The van der Waals surface area contributed by atoms with Crippen molar-refractivity contribution < 1.29 is 9.21 Å². The van der Waals surface area contributed by atoms with Gasteiger partial charge in [0, 0.05) is 7.05 Å². The number of hydrogen-bond acceptors (Lipinski definition) is 5. The van der Waals surface area contributed by atoms with Gasteiger partial charge in [-0.15, -0.1) is 11.3 Å². The lowest BCUT2D eigenvalue weighted by atomic mass is 10.2. The highest BCUT2D eigenvalue weighted by Gasteiger charge is 2.21. The molecule has 0 unspecified atom stereocenters. The van der Waals surface area contributed by atoms with Gasteiger partial charge in [0.15, 0.2) is 0 Å². The Balaban J connectivity index is 1.62. The largest absolute Gasteiger partial charge is 0.468 e. The van der Waals surface area contributed by atoms with Crippen molar-refractivity contribution in [2.45, 2.75) is 25.9 Å². The normalized spacial score (nSPS) is 13.8. The highest BCUT2D eigenvalue weighted by molar-refractivity contribution is 7.18. The number of furan rings is 1. The number of benzene rings is 1. The molecule has 24 heavy (non-hydrogen) atoms. The Morgan fingerprint density at radius 1 is 1.29 bits per heavy atom. The molecule has 2 atom stereocenters. The maximum absolute atomic E-state index is 12.5. The molecular formula is C18H21N3O2S. The summed E-state index contributed by atoms with van der Waals surface area (Å²) in [5.41, 5.74) is 0.981. The molecule has 0 bridgehead atoms. The quantitative estimate of drug-likeness (QED) is 0.740. The highest BCUT2D eigenvalue weighted by Crippen LogP contribution is 2.28. The SMILES string of the molecule is C[C@H](c1nc2ccccc2s1)N(C)C(=O)CN[C@H](C)c1ccco1. The van der Waals surface area contributed by atoms with E-state index in [1.165, 1.54) is 0 Å². The first-order valence-corrected chi connectivity index (χ1v) is 8.76. The van der Waals surface area contributed by atoms with Crippen molar-refractivity contribution in [3.8, 4) is 0 Å². The second-order valence-corrected chi connectivity index (χ2v) is 6.88. The standard InChI is InChI=1S/C18H21N3O2S/c1-12(15-8-6-10-23-15)19-11-17(22)21(3)13(2)18-20-14-7-4-5-9-16(14)24-18/h4-10,12-13,19H,11H2,1-3H3/t12-,13-/m1/s1. The number of carbonyl (C=O) groups is 1. The number of nitrogens with one attached hydrogen (secondary N) is 1. The van der Waals surface area contributed by atoms with E-state index in [9.17, 15) is 4.79 Å². The Hall–Kier alpha value is -2.18. The molecule has 5 nitrogen and oxygen atoms in total. The minimum atomic E-state index is -0.0596. The molecule has 1 amide bonds. The van der Waals surface area contributed by atoms with Crippen LogP contribution in [-0.2, 0) is 4.79 Å². The van der Waals surface area contributed by atoms with Crippen LogP contribution in [-0.4, -0.2) is 29.4 Å². The van der Waals surface area contributed by atoms with Gasteiger partial charge in [0.05, 0.1) is 35.1 Å². The molecule has 3 aromatic rings. The molecular weight excluding hydrogens is 322 g/mol. The van der Waals surface area contributed by atoms with Gasteiger partial charge < -0.3 is 9.32 Å². The molecule has 2 aromatic heterocycles. The number of carbonyl (C=O) groups excluding carboxylic acids is 1. The third-order valence-electron chi connectivity index (χ3n) is 4.17. The summed E-state index contributed by atoms with van der Waals surface area (Å²) in [5, 5.41) is 4.15. The van der Waals surface area contributed by atoms with Gasteiger partial charge in [-0.3, -0.25) is 10.1 Å². The predicted octanol–water partition coefficient (Wildman–Crippen LogP) is 3.76. The zero-order valence-corrected chi connectivity index (χ0v) is 14.8. The lowest BCUT2D eigenvalue weighted by molar-refractivity contribution is -0.131. The summed E-state index contributed by atoms with van der Waals surface area (Å²) < 4.78 is 6.49. The van der Waals surface area contributed by atoms with Gasteiger partial charge in [0.25, 0.3) is 0 Å². The van der Waals surface area contributed by atoms with Crippen LogP contribution in [0.1, 0.15) is 36.7 Å². The van der Waals surface area contributed by atoms with E-state index < -0.39 is 0 Å². The van der Waals surface area contributed by atoms with Crippen LogP contribution in [0.2, 0.25) is 0 Å². The van der Waals surface area contributed by atoms with Gasteiger partial charge in [-0.25, -0.2) is 4.98 Å². The molecule has 3 rings (SSSR count). The lowest BCUT2D eigenvalue weighted by Crippen LogP contribution is -2.37. The fraction of sp³-hybridized carbons (Fsp3) is 0.333. The van der Waals surface area contributed by atoms with Crippen LogP contribution in [0.5, 0.6) is 0 Å². The zero-order valence-electron chi connectivity index (χ0n) is 14.0. The number of rotatable bonds is 6. The van der Waals surface area contributed by atoms with Crippen LogP contribution in [0.15, 0.2) is 47.1 Å². The number of hydrogen-bond donors (Lipinski definition) is 1. The van der Waals surface area contributed by atoms with Crippen molar-refractivity contribution in [2.24, 2.45) is 0 Å². The number of amides is 1. The van der Waals surface area contributed by atoms with E-state index in [2.05, 4.69) is 16.4 Å². The van der Waals surface area contributed by atoms with Gasteiger partial charge in [-0.2, -0.15) is 0 Å². The smallest absolute Gasteiger partial charge is 0.236 e. The van der Waals surface area contributed by atoms with Gasteiger partial charge in [-0.1, -0.05) is 12.1 Å². The lowest BCUT2D eigenvalue weighted by Gasteiger charge is -2.24. The average Bonchev–Trinajstić information content (AvgIpc) is 3.26. The van der Waals surface area contributed by atoms with Gasteiger partial charge in [-0.05, 0) is 38.1 Å². The third-order valence-corrected chi connectivity index (χ3v) is 5.38. The zero-order chi connectivity index (χ0) is 17.1. The van der Waals surface area contributed by atoms with E-state index in [0.717, 1.165) is 21.0 Å². The number of aromatic nitrogens is 1. The topological polar surface area (TPSA) is 58.4 Å². The van der Waals surface area contributed by atoms with E-state index in [-0.39, 0.29) is 24.5 Å². The Morgan fingerprint density at radius 3 is 2.79 bits per heavy atom. The molecule has 0 aliphatic rings. The first kappa shape index (κ1) is 16.7. The maximum Gasteiger partial charge on any atom is 0.236 e. The number of para-hydroxylation sites is 1. The van der Waals surface area contributed by atoms with Gasteiger partial charge in [0.1, 0.15) is 10.8 Å². The van der Waals surface area contributed by atoms with Crippen molar-refractivity contribution in [3.63, 3.8) is 0 Å². The van der Waals surface area contributed by atoms with Crippen LogP contribution in [0.3, 0.4) is 0 Å². The summed E-state index contributed by atoms with van der Waals surface area (Å²) in [5.74, 6) is 0.852. The molecule has 0 saturated carbocycles. The van der Waals surface area contributed by atoms with E-state index in [4.69, 9.17) is 4.42 Å². The Kier molecular flexibility index (Phi) is 4.97. The summed E-state index contributed by atoms with van der Waals surface area (Å²) >= 11 is 1.63. The molecule has 0 aliphatic carbocycles. The van der Waals surface area contributed by atoms with Crippen molar-refractivity contribution in [1.29, 1.82) is 0 Å². The minimum absolute atomic E-state index is 0.00453. The molecule has 1 aromatic carbocycles. The predicted molar refractivity (Wildman–Crippen MR) is 95.9 cm³/mol. The molecule has 1 N–H and O–H groups in total. The molecule has 0 saturated heterocycles. The molecule has 0 fully saturated rings. The number of fused-ring (bicyclic) bond motifs is 1. The molecule has 2 heterocycles. The molecule has 0 spiro atoms. The molecule has 6 heteroatoms. The van der Waals surface area contributed by atoms with Crippen molar-refractivity contribution in [1.82, 2.24) is 15.2 Å². The maximum atomic E-state index is 12.5. The van der Waals surface area contributed by atoms with Crippen molar-refractivity contribution >= 4 is 27.5 Å². The monoisotopic (exact) mass is 343 g/mol. The van der Waals surface area contributed by atoms with Gasteiger partial charge in [0.2, 0.25) is 5.91 Å². The number of thiazole rings is 1. The summed E-state index contributed by atoms with van der Waals surface area (Å²) in [6.07, 6.45) is 1.64. The van der Waals surface area contributed by atoms with E-state index in [1.54, 1.807) is 22.5 Å². The summed E-state index contributed by atoms with van der Waals surface area (Å²) in [6.45, 7) is 4.24. The second kappa shape index (κ2) is 7.15. The van der Waals surface area contributed by atoms with Crippen LogP contribution >= 0.6 is 11.3 Å². The van der Waals surface area contributed by atoms with Crippen LogP contribution in [0.4, 0.5) is 0 Å². The Morgan fingerprint density at radius 2 is 2.08 bits per heavy atom. The molecule has 126 valence electrons. The number of likely N-dealkylation sites (N-methyl/N-ethyl adjacent to an activating group) is 1. The molecule has 0 aliphatic heterocycles. The molecule has 0 radical (unpaired) electrons.